The lowest BCUT2D eigenvalue weighted by Gasteiger charge is -2.63. The molecular weight excluding hydrogens is 413 g/mol. The molecule has 3 aliphatic rings. The molecule has 3 fully saturated rings. The molecule has 1 aromatic carbocycles. The van der Waals surface area contributed by atoms with Gasteiger partial charge in [-0.15, -0.1) is 24.0 Å². The van der Waals surface area contributed by atoms with Crippen LogP contribution in [0.5, 0.6) is 0 Å². The number of rotatable bonds is 4. The van der Waals surface area contributed by atoms with Crippen LogP contribution < -0.4 is 10.6 Å². The van der Waals surface area contributed by atoms with Crippen LogP contribution in [0.1, 0.15) is 38.2 Å². The molecule has 0 aromatic heterocycles. The van der Waals surface area contributed by atoms with Gasteiger partial charge in [-0.25, -0.2) is 4.99 Å². The van der Waals surface area contributed by atoms with Crippen LogP contribution in [0.25, 0.3) is 0 Å². The van der Waals surface area contributed by atoms with Crippen LogP contribution in [0.3, 0.4) is 0 Å². The van der Waals surface area contributed by atoms with E-state index in [1.54, 1.807) is 0 Å². The number of aliphatic imine (C=N–C) groups is 1. The average molecular weight is 441 g/mol. The Bertz CT molecular complexity index is 573. The van der Waals surface area contributed by atoms with E-state index in [2.05, 4.69) is 41.8 Å². The van der Waals surface area contributed by atoms with Gasteiger partial charge in [0.2, 0.25) is 0 Å². The molecule has 2 saturated carbocycles. The van der Waals surface area contributed by atoms with Crippen molar-refractivity contribution in [1.29, 1.82) is 0 Å². The van der Waals surface area contributed by atoms with Gasteiger partial charge in [0.1, 0.15) is 0 Å². The van der Waals surface area contributed by atoms with Crippen molar-refractivity contribution in [3.05, 3.63) is 35.9 Å². The second kappa shape index (κ2) is 7.60. The maximum Gasteiger partial charge on any atom is 0.191 e. The zero-order valence-electron chi connectivity index (χ0n) is 14.3. The summed E-state index contributed by atoms with van der Waals surface area (Å²) in [6.07, 6.45) is 5.67. The van der Waals surface area contributed by atoms with E-state index in [0.29, 0.717) is 23.5 Å². The van der Waals surface area contributed by atoms with Crippen molar-refractivity contribution in [2.75, 3.05) is 13.2 Å². The van der Waals surface area contributed by atoms with E-state index in [1.165, 1.54) is 31.2 Å². The van der Waals surface area contributed by atoms with Gasteiger partial charge in [0, 0.05) is 30.5 Å². The Labute approximate surface area is 161 Å². The lowest BCUT2D eigenvalue weighted by molar-refractivity contribution is -0.171. The zero-order valence-corrected chi connectivity index (χ0v) is 16.7. The zero-order chi connectivity index (χ0) is 15.7. The van der Waals surface area contributed by atoms with E-state index in [0.717, 1.165) is 25.7 Å². The fraction of sp³-hybridized carbons (Fsp3) is 0.632. The maximum atomic E-state index is 6.01. The molecule has 1 heterocycles. The monoisotopic (exact) mass is 441 g/mol. The van der Waals surface area contributed by atoms with E-state index >= 15 is 0 Å². The highest BCUT2D eigenvalue weighted by Crippen LogP contribution is 2.62. The summed E-state index contributed by atoms with van der Waals surface area (Å²) < 4.78 is 6.01. The minimum atomic E-state index is 0. The fourth-order valence-corrected chi connectivity index (χ4v) is 4.68. The van der Waals surface area contributed by atoms with E-state index in [-0.39, 0.29) is 24.0 Å². The number of ether oxygens (including phenoxy) is 1. The Balaban J connectivity index is 0.00000169. The standard InChI is InChI=1S/C19H27N3O.HI/c1-2-20-18(21-13-14-7-4-3-5-8-14)22-16-15-9-12-23-17(15)19(16)10-6-11-19;/h3-5,7-8,15-17H,2,6,9-13H2,1H3,(H2,20,21,22);1H. The third kappa shape index (κ3) is 3.05. The predicted octanol–water partition coefficient (Wildman–Crippen LogP) is 3.32. The van der Waals surface area contributed by atoms with Crippen LogP contribution in [-0.4, -0.2) is 31.3 Å². The van der Waals surface area contributed by atoms with Crippen molar-refractivity contribution in [1.82, 2.24) is 10.6 Å². The Kier molecular flexibility index (Phi) is 5.70. The molecule has 1 saturated heterocycles. The molecule has 2 aliphatic carbocycles. The molecule has 24 heavy (non-hydrogen) atoms. The molecule has 3 atom stereocenters. The van der Waals surface area contributed by atoms with Crippen LogP contribution in [-0.2, 0) is 11.3 Å². The van der Waals surface area contributed by atoms with Crippen molar-refractivity contribution in [3.8, 4) is 0 Å². The first kappa shape index (κ1) is 18.0. The number of guanidine groups is 1. The first-order valence-electron chi connectivity index (χ1n) is 9.04. The summed E-state index contributed by atoms with van der Waals surface area (Å²) in [7, 11) is 0. The first-order chi connectivity index (χ1) is 11.3. The largest absolute Gasteiger partial charge is 0.377 e. The van der Waals surface area contributed by atoms with Gasteiger partial charge < -0.3 is 15.4 Å². The number of halogens is 1. The average Bonchev–Trinajstić information content (AvgIpc) is 2.94. The van der Waals surface area contributed by atoms with Gasteiger partial charge in [0.05, 0.1) is 12.6 Å². The number of hydrogen-bond donors (Lipinski definition) is 2. The quantitative estimate of drug-likeness (QED) is 0.428. The molecular formula is C19H28IN3O. The summed E-state index contributed by atoms with van der Waals surface area (Å²) in [4.78, 5) is 4.80. The molecule has 4 nitrogen and oxygen atoms in total. The van der Waals surface area contributed by atoms with Gasteiger partial charge in [0.25, 0.3) is 0 Å². The molecule has 1 aliphatic heterocycles. The summed E-state index contributed by atoms with van der Waals surface area (Å²) in [5.41, 5.74) is 1.64. The lowest BCUT2D eigenvalue weighted by Crippen LogP contribution is -2.72. The maximum absolute atomic E-state index is 6.01. The Morgan fingerprint density at radius 2 is 2.08 bits per heavy atom. The van der Waals surface area contributed by atoms with Gasteiger partial charge in [-0.3, -0.25) is 0 Å². The van der Waals surface area contributed by atoms with Crippen molar-refractivity contribution < 1.29 is 4.74 Å². The summed E-state index contributed by atoms with van der Waals surface area (Å²) in [6.45, 7) is 4.68. The first-order valence-corrected chi connectivity index (χ1v) is 9.04. The molecule has 4 rings (SSSR count). The highest BCUT2D eigenvalue weighted by atomic mass is 127. The van der Waals surface area contributed by atoms with Gasteiger partial charge in [-0.05, 0) is 31.7 Å². The minimum absolute atomic E-state index is 0. The van der Waals surface area contributed by atoms with E-state index < -0.39 is 0 Å². The van der Waals surface area contributed by atoms with Crippen LogP contribution in [0.15, 0.2) is 35.3 Å². The topological polar surface area (TPSA) is 45.7 Å². The molecule has 5 heteroatoms. The molecule has 132 valence electrons. The molecule has 2 N–H and O–H groups in total. The molecule has 0 bridgehead atoms. The van der Waals surface area contributed by atoms with Gasteiger partial charge in [0.15, 0.2) is 5.96 Å². The van der Waals surface area contributed by atoms with E-state index in [9.17, 15) is 0 Å². The third-order valence-corrected chi connectivity index (χ3v) is 5.94. The molecule has 1 aromatic rings. The van der Waals surface area contributed by atoms with Crippen LogP contribution in [0, 0.1) is 11.3 Å². The number of benzene rings is 1. The van der Waals surface area contributed by atoms with Crippen molar-refractivity contribution in [2.45, 2.75) is 51.3 Å². The number of nitrogens with one attached hydrogen (secondary N) is 2. The summed E-state index contributed by atoms with van der Waals surface area (Å²) in [5.74, 6) is 1.63. The molecule has 3 unspecified atom stereocenters. The van der Waals surface area contributed by atoms with Crippen molar-refractivity contribution >= 4 is 29.9 Å². The van der Waals surface area contributed by atoms with Crippen LogP contribution in [0.2, 0.25) is 0 Å². The predicted molar refractivity (Wildman–Crippen MR) is 108 cm³/mol. The Morgan fingerprint density at radius 3 is 2.75 bits per heavy atom. The molecule has 0 amide bonds. The number of hydrogen-bond acceptors (Lipinski definition) is 2. The van der Waals surface area contributed by atoms with Crippen LogP contribution >= 0.6 is 24.0 Å². The molecule has 0 radical (unpaired) electrons. The smallest absolute Gasteiger partial charge is 0.191 e. The Hall–Kier alpha value is -0.820. The second-order valence-corrected chi connectivity index (χ2v) is 7.13. The van der Waals surface area contributed by atoms with E-state index in [1.807, 2.05) is 6.07 Å². The lowest BCUT2D eigenvalue weighted by atomic mass is 9.46. The third-order valence-electron chi connectivity index (χ3n) is 5.94. The summed E-state index contributed by atoms with van der Waals surface area (Å²) in [5, 5.41) is 7.16. The van der Waals surface area contributed by atoms with E-state index in [4.69, 9.17) is 9.73 Å². The second-order valence-electron chi connectivity index (χ2n) is 7.13. The normalized spacial score (nSPS) is 29.9. The minimum Gasteiger partial charge on any atom is -0.377 e. The number of nitrogens with zero attached hydrogens (tertiary/aromatic N) is 1. The highest BCUT2D eigenvalue weighted by molar-refractivity contribution is 14.0. The van der Waals surface area contributed by atoms with Crippen molar-refractivity contribution in [2.24, 2.45) is 16.3 Å². The van der Waals surface area contributed by atoms with Gasteiger partial charge in [-0.1, -0.05) is 36.8 Å². The fourth-order valence-electron chi connectivity index (χ4n) is 4.68. The SMILES string of the molecule is CCNC(=NCc1ccccc1)NC1C2CCOC2C12CCC2.I. The highest BCUT2D eigenvalue weighted by Gasteiger charge is 2.66. The van der Waals surface area contributed by atoms with Crippen LogP contribution in [0.4, 0.5) is 0 Å². The summed E-state index contributed by atoms with van der Waals surface area (Å²) in [6, 6.07) is 11.0. The van der Waals surface area contributed by atoms with Crippen molar-refractivity contribution in [3.63, 3.8) is 0 Å². The van der Waals surface area contributed by atoms with Gasteiger partial charge >= 0.3 is 0 Å². The molecule has 1 spiro atoms. The Morgan fingerprint density at radius 1 is 1.29 bits per heavy atom. The van der Waals surface area contributed by atoms with Gasteiger partial charge in [-0.2, -0.15) is 0 Å². The summed E-state index contributed by atoms with van der Waals surface area (Å²) >= 11 is 0. The number of fused-ring (bicyclic) bond motifs is 2.